The largest absolute Gasteiger partial charge is 0.444 e. The fourth-order valence-electron chi connectivity index (χ4n) is 3.07. The lowest BCUT2D eigenvalue weighted by atomic mass is 9.81. The van der Waals surface area contributed by atoms with Gasteiger partial charge in [-0.2, -0.15) is 0 Å². The number of hydrogen-bond acceptors (Lipinski definition) is 3. The first-order valence-electron chi connectivity index (χ1n) is 7.46. The molecule has 1 rings (SSSR count). The van der Waals surface area contributed by atoms with Crippen molar-refractivity contribution < 1.29 is 9.53 Å². The van der Waals surface area contributed by atoms with Crippen molar-refractivity contribution in [3.05, 3.63) is 0 Å². The van der Waals surface area contributed by atoms with Crippen molar-refractivity contribution in [2.24, 2.45) is 17.6 Å². The van der Waals surface area contributed by atoms with Gasteiger partial charge in [-0.1, -0.05) is 13.8 Å². The number of ether oxygens (including phenoxy) is 1. The van der Waals surface area contributed by atoms with Crippen LogP contribution in [0.2, 0.25) is 0 Å². The summed E-state index contributed by atoms with van der Waals surface area (Å²) in [6.45, 7) is 11.6. The molecule has 0 aromatic rings. The molecule has 0 aromatic heterocycles. The van der Waals surface area contributed by atoms with Crippen LogP contribution in [0.15, 0.2) is 0 Å². The van der Waals surface area contributed by atoms with E-state index < -0.39 is 5.60 Å². The second-order valence-corrected chi connectivity index (χ2v) is 6.89. The van der Waals surface area contributed by atoms with E-state index in [2.05, 4.69) is 13.8 Å². The van der Waals surface area contributed by atoms with Crippen molar-refractivity contribution in [2.75, 3.05) is 13.1 Å². The average Bonchev–Trinajstić information content (AvgIpc) is 2.26. The number of nitrogens with two attached hydrogens (primary N) is 1. The van der Waals surface area contributed by atoms with E-state index in [1.54, 1.807) is 0 Å². The third-order valence-electron chi connectivity index (χ3n) is 3.67. The van der Waals surface area contributed by atoms with Crippen LogP contribution in [0.25, 0.3) is 0 Å². The zero-order chi connectivity index (χ0) is 14.6. The van der Waals surface area contributed by atoms with E-state index in [4.69, 9.17) is 10.5 Å². The van der Waals surface area contributed by atoms with Gasteiger partial charge < -0.3 is 15.4 Å². The molecular weight excluding hydrogens is 240 g/mol. The van der Waals surface area contributed by atoms with Crippen LogP contribution in [0, 0.1) is 11.8 Å². The van der Waals surface area contributed by atoms with Crippen molar-refractivity contribution in [3.63, 3.8) is 0 Å². The average molecular weight is 270 g/mol. The molecule has 0 spiro atoms. The van der Waals surface area contributed by atoms with Gasteiger partial charge >= 0.3 is 6.09 Å². The van der Waals surface area contributed by atoms with Crippen LogP contribution in [0.3, 0.4) is 0 Å². The van der Waals surface area contributed by atoms with Crippen LogP contribution in [0.4, 0.5) is 4.79 Å². The summed E-state index contributed by atoms with van der Waals surface area (Å²) in [5.74, 6) is 0.940. The quantitative estimate of drug-likeness (QED) is 0.857. The second kappa shape index (κ2) is 6.60. The number of nitrogens with zero attached hydrogens (tertiary/aromatic N) is 1. The molecule has 4 nitrogen and oxygen atoms in total. The van der Waals surface area contributed by atoms with E-state index in [0.717, 1.165) is 19.4 Å². The van der Waals surface area contributed by atoms with Crippen LogP contribution in [0.1, 0.15) is 53.9 Å². The first-order chi connectivity index (χ1) is 8.76. The molecule has 1 saturated heterocycles. The fraction of sp³-hybridized carbons (Fsp3) is 0.933. The summed E-state index contributed by atoms with van der Waals surface area (Å²) in [6, 6.07) is 0.257. The predicted molar refractivity (Wildman–Crippen MR) is 78.0 cm³/mol. The van der Waals surface area contributed by atoms with Crippen molar-refractivity contribution in [3.8, 4) is 0 Å². The number of amides is 1. The molecule has 0 radical (unpaired) electrons. The lowest BCUT2D eigenvalue weighted by Crippen LogP contribution is -2.52. The highest BCUT2D eigenvalue weighted by Gasteiger charge is 2.37. The molecule has 0 aromatic carbocycles. The van der Waals surface area contributed by atoms with E-state index in [-0.39, 0.29) is 12.1 Å². The SMILES string of the molecule is CC(C)C1C(CCN)CCCN1C(=O)OC(C)(C)C. The van der Waals surface area contributed by atoms with Crippen LogP contribution >= 0.6 is 0 Å². The summed E-state index contributed by atoms with van der Waals surface area (Å²) >= 11 is 0. The molecule has 1 heterocycles. The molecule has 0 bridgehead atoms. The highest BCUT2D eigenvalue weighted by Crippen LogP contribution is 2.32. The lowest BCUT2D eigenvalue weighted by molar-refractivity contribution is -0.00958. The minimum Gasteiger partial charge on any atom is -0.444 e. The zero-order valence-corrected chi connectivity index (χ0v) is 13.1. The topological polar surface area (TPSA) is 55.6 Å². The third kappa shape index (κ3) is 4.68. The number of hydrogen-bond donors (Lipinski definition) is 1. The van der Waals surface area contributed by atoms with Gasteiger partial charge in [0.05, 0.1) is 0 Å². The summed E-state index contributed by atoms with van der Waals surface area (Å²) in [6.07, 6.45) is 3.03. The van der Waals surface area contributed by atoms with Crippen molar-refractivity contribution in [1.29, 1.82) is 0 Å². The van der Waals surface area contributed by atoms with Crippen molar-refractivity contribution >= 4 is 6.09 Å². The molecule has 0 saturated carbocycles. The highest BCUT2D eigenvalue weighted by atomic mass is 16.6. The van der Waals surface area contributed by atoms with Crippen LogP contribution < -0.4 is 5.73 Å². The summed E-state index contributed by atoms with van der Waals surface area (Å²) in [5.41, 5.74) is 5.28. The first kappa shape index (κ1) is 16.3. The predicted octanol–water partition coefficient (Wildman–Crippen LogP) is 3.01. The van der Waals surface area contributed by atoms with Crippen molar-refractivity contribution in [1.82, 2.24) is 4.90 Å². The van der Waals surface area contributed by atoms with Gasteiger partial charge in [-0.15, -0.1) is 0 Å². The first-order valence-corrected chi connectivity index (χ1v) is 7.46. The maximum absolute atomic E-state index is 12.4. The van der Waals surface area contributed by atoms with Gasteiger partial charge in [0, 0.05) is 12.6 Å². The Kier molecular flexibility index (Phi) is 5.65. The maximum Gasteiger partial charge on any atom is 0.410 e. The molecule has 0 aliphatic carbocycles. The summed E-state index contributed by atoms with van der Waals surface area (Å²) < 4.78 is 5.54. The number of carbonyl (C=O) groups is 1. The molecule has 112 valence electrons. The monoisotopic (exact) mass is 270 g/mol. The van der Waals surface area contributed by atoms with Gasteiger partial charge in [0.2, 0.25) is 0 Å². The zero-order valence-electron chi connectivity index (χ0n) is 13.1. The Morgan fingerprint density at radius 2 is 2.05 bits per heavy atom. The summed E-state index contributed by atoms with van der Waals surface area (Å²) in [4.78, 5) is 14.3. The highest BCUT2D eigenvalue weighted by molar-refractivity contribution is 5.68. The Hall–Kier alpha value is -0.770. The Bertz CT molecular complexity index is 295. The number of likely N-dealkylation sites (tertiary alicyclic amines) is 1. The number of rotatable bonds is 3. The minimum atomic E-state index is -0.431. The summed E-state index contributed by atoms with van der Waals surface area (Å²) in [7, 11) is 0. The van der Waals surface area contributed by atoms with Crippen LogP contribution in [-0.2, 0) is 4.74 Å². The van der Waals surface area contributed by atoms with Gasteiger partial charge in [-0.3, -0.25) is 0 Å². The molecule has 1 aliphatic heterocycles. The third-order valence-corrected chi connectivity index (χ3v) is 3.67. The molecule has 2 unspecified atom stereocenters. The molecule has 2 atom stereocenters. The molecular formula is C15H30N2O2. The Labute approximate surface area is 117 Å². The minimum absolute atomic E-state index is 0.173. The number of piperidine rings is 1. The molecule has 1 fully saturated rings. The summed E-state index contributed by atoms with van der Waals surface area (Å²) in [5, 5.41) is 0. The van der Waals surface area contributed by atoms with Crippen LogP contribution in [0.5, 0.6) is 0 Å². The van der Waals surface area contributed by atoms with Crippen LogP contribution in [-0.4, -0.2) is 35.7 Å². The molecule has 1 amide bonds. The Balaban J connectivity index is 2.81. The van der Waals surface area contributed by atoms with E-state index in [9.17, 15) is 4.79 Å². The molecule has 19 heavy (non-hydrogen) atoms. The van der Waals surface area contributed by atoms with Gasteiger partial charge in [0.1, 0.15) is 5.60 Å². The Morgan fingerprint density at radius 1 is 1.42 bits per heavy atom. The normalized spacial score (nSPS) is 24.7. The second-order valence-electron chi connectivity index (χ2n) is 6.89. The smallest absolute Gasteiger partial charge is 0.410 e. The molecule has 2 N–H and O–H groups in total. The molecule has 1 aliphatic rings. The lowest BCUT2D eigenvalue weighted by Gasteiger charge is -2.43. The van der Waals surface area contributed by atoms with Gasteiger partial charge in [0.15, 0.2) is 0 Å². The standard InChI is InChI=1S/C15H30N2O2/c1-11(2)13-12(8-9-16)7-6-10-17(13)14(18)19-15(3,4)5/h11-13H,6-10,16H2,1-5H3. The van der Waals surface area contributed by atoms with Crippen molar-refractivity contribution in [2.45, 2.75) is 65.5 Å². The van der Waals surface area contributed by atoms with E-state index in [1.807, 2.05) is 25.7 Å². The number of carbonyl (C=O) groups excluding carboxylic acids is 1. The van der Waals surface area contributed by atoms with E-state index >= 15 is 0 Å². The van der Waals surface area contributed by atoms with E-state index in [1.165, 1.54) is 6.42 Å². The fourth-order valence-corrected chi connectivity index (χ4v) is 3.07. The Morgan fingerprint density at radius 3 is 2.53 bits per heavy atom. The van der Waals surface area contributed by atoms with Gasteiger partial charge in [0.25, 0.3) is 0 Å². The molecule has 4 heteroatoms. The van der Waals surface area contributed by atoms with Gasteiger partial charge in [-0.25, -0.2) is 4.79 Å². The van der Waals surface area contributed by atoms with Gasteiger partial charge in [-0.05, 0) is 58.4 Å². The van der Waals surface area contributed by atoms with E-state index in [0.29, 0.717) is 18.4 Å². The maximum atomic E-state index is 12.4.